The minimum absolute atomic E-state index is 0.195. The average molecular weight is 381 g/mol. The Bertz CT molecular complexity index is 805. The molecule has 1 aliphatic carbocycles. The number of carbonyl (C=O) groups excluding carboxylic acids is 1. The van der Waals surface area contributed by atoms with Crippen molar-refractivity contribution < 1.29 is 4.79 Å². The van der Waals surface area contributed by atoms with Gasteiger partial charge in [0, 0.05) is 32.1 Å². The van der Waals surface area contributed by atoms with E-state index >= 15 is 0 Å². The fourth-order valence-electron chi connectivity index (χ4n) is 4.07. The second-order valence-electron chi connectivity index (χ2n) is 8.66. The minimum atomic E-state index is 0.195. The highest BCUT2D eigenvalue weighted by atomic mass is 16.1. The maximum absolute atomic E-state index is 12.1. The van der Waals surface area contributed by atoms with Gasteiger partial charge in [-0.15, -0.1) is 0 Å². The summed E-state index contributed by atoms with van der Waals surface area (Å²) >= 11 is 0. The molecule has 1 aliphatic heterocycles. The summed E-state index contributed by atoms with van der Waals surface area (Å²) in [6, 6.07) is 11.2. The molecule has 1 aromatic carbocycles. The standard InChI is InChI=1S/C23H32N4O/c1-17(2)19-9-7-18(8-10-19)15-26-11-4-12-27-22(16-26)13-21(25-27)14-24-23(28)20-5-3-6-20/h7-10,13,17,20H,3-6,11-12,14-16H2,1-2H3,(H,24,28). The molecule has 2 heterocycles. The summed E-state index contributed by atoms with van der Waals surface area (Å²) in [5.74, 6) is 1.00. The van der Waals surface area contributed by atoms with Gasteiger partial charge in [0.25, 0.3) is 0 Å². The summed E-state index contributed by atoms with van der Waals surface area (Å²) in [4.78, 5) is 14.6. The maximum atomic E-state index is 12.1. The Kier molecular flexibility index (Phi) is 5.81. The third-order valence-corrected chi connectivity index (χ3v) is 6.12. The highest BCUT2D eigenvalue weighted by Crippen LogP contribution is 2.26. The first-order valence-corrected chi connectivity index (χ1v) is 10.7. The molecule has 0 saturated heterocycles. The van der Waals surface area contributed by atoms with Crippen molar-refractivity contribution in [3.63, 3.8) is 0 Å². The molecule has 0 unspecified atom stereocenters. The van der Waals surface area contributed by atoms with Gasteiger partial charge in [0.05, 0.1) is 17.9 Å². The Labute approximate surface area is 168 Å². The fraction of sp³-hybridized carbons (Fsp3) is 0.565. The zero-order valence-corrected chi connectivity index (χ0v) is 17.2. The number of hydrogen-bond donors (Lipinski definition) is 1. The third-order valence-electron chi connectivity index (χ3n) is 6.12. The van der Waals surface area contributed by atoms with E-state index in [1.54, 1.807) is 0 Å². The third kappa shape index (κ3) is 4.46. The molecule has 0 atom stereocenters. The summed E-state index contributed by atoms with van der Waals surface area (Å²) in [6.45, 7) is 8.94. The van der Waals surface area contributed by atoms with Crippen LogP contribution in [-0.4, -0.2) is 27.1 Å². The van der Waals surface area contributed by atoms with Gasteiger partial charge in [0.1, 0.15) is 0 Å². The number of nitrogens with one attached hydrogen (secondary N) is 1. The molecule has 1 aromatic heterocycles. The molecule has 1 amide bonds. The number of aryl methyl sites for hydroxylation is 1. The van der Waals surface area contributed by atoms with Gasteiger partial charge in [-0.1, -0.05) is 44.5 Å². The van der Waals surface area contributed by atoms with Gasteiger partial charge in [0.15, 0.2) is 0 Å². The summed E-state index contributed by atoms with van der Waals surface area (Å²) in [6.07, 6.45) is 4.37. The smallest absolute Gasteiger partial charge is 0.223 e. The number of nitrogens with zero attached hydrogens (tertiary/aromatic N) is 3. The van der Waals surface area contributed by atoms with Gasteiger partial charge in [-0.3, -0.25) is 14.4 Å². The van der Waals surface area contributed by atoms with E-state index in [1.165, 1.54) is 23.2 Å². The number of benzene rings is 1. The molecule has 150 valence electrons. The van der Waals surface area contributed by atoms with Crippen LogP contribution in [0.15, 0.2) is 30.3 Å². The largest absolute Gasteiger partial charge is 0.350 e. The summed E-state index contributed by atoms with van der Waals surface area (Å²) in [7, 11) is 0. The molecule has 2 aromatic rings. The number of fused-ring (bicyclic) bond motifs is 1. The summed E-state index contributed by atoms with van der Waals surface area (Å²) in [5.41, 5.74) is 4.99. The van der Waals surface area contributed by atoms with Crippen LogP contribution < -0.4 is 5.32 Å². The van der Waals surface area contributed by atoms with Gasteiger partial charge >= 0.3 is 0 Å². The van der Waals surface area contributed by atoms with Crippen LogP contribution in [0.1, 0.15) is 68.0 Å². The van der Waals surface area contributed by atoms with Crippen molar-refractivity contribution in [3.8, 4) is 0 Å². The topological polar surface area (TPSA) is 50.2 Å². The van der Waals surface area contributed by atoms with Crippen LogP contribution in [0.4, 0.5) is 0 Å². The lowest BCUT2D eigenvalue weighted by Gasteiger charge is -2.23. The highest BCUT2D eigenvalue weighted by molar-refractivity contribution is 5.79. The van der Waals surface area contributed by atoms with E-state index in [0.717, 1.165) is 51.1 Å². The van der Waals surface area contributed by atoms with Crippen molar-refractivity contribution in [1.29, 1.82) is 0 Å². The molecular formula is C23H32N4O. The monoisotopic (exact) mass is 380 g/mol. The van der Waals surface area contributed by atoms with Gasteiger partial charge in [0.2, 0.25) is 5.91 Å². The van der Waals surface area contributed by atoms with Crippen LogP contribution in [0, 0.1) is 5.92 Å². The van der Waals surface area contributed by atoms with Crippen LogP contribution in [-0.2, 0) is 31.0 Å². The van der Waals surface area contributed by atoms with E-state index in [4.69, 9.17) is 5.10 Å². The number of amides is 1. The van der Waals surface area contributed by atoms with Crippen molar-refractivity contribution in [2.45, 2.75) is 71.6 Å². The van der Waals surface area contributed by atoms with E-state index in [2.05, 4.69) is 59.1 Å². The Hall–Kier alpha value is -2.14. The molecule has 0 radical (unpaired) electrons. The number of rotatable bonds is 6. The zero-order chi connectivity index (χ0) is 19.5. The summed E-state index contributed by atoms with van der Waals surface area (Å²) < 4.78 is 2.13. The molecule has 28 heavy (non-hydrogen) atoms. The SMILES string of the molecule is CC(C)c1ccc(CN2CCCn3nc(CNC(=O)C4CCC4)cc3C2)cc1. The number of carbonyl (C=O) groups is 1. The molecule has 5 heteroatoms. The van der Waals surface area contributed by atoms with E-state index in [9.17, 15) is 4.79 Å². The van der Waals surface area contributed by atoms with Crippen molar-refractivity contribution in [2.75, 3.05) is 6.54 Å². The first-order valence-electron chi connectivity index (χ1n) is 10.7. The maximum Gasteiger partial charge on any atom is 0.223 e. The van der Waals surface area contributed by atoms with Crippen LogP contribution in [0.3, 0.4) is 0 Å². The van der Waals surface area contributed by atoms with Crippen LogP contribution >= 0.6 is 0 Å². The number of hydrogen-bond acceptors (Lipinski definition) is 3. The first-order chi connectivity index (χ1) is 13.6. The second-order valence-corrected chi connectivity index (χ2v) is 8.66. The Morgan fingerprint density at radius 2 is 1.96 bits per heavy atom. The summed E-state index contributed by atoms with van der Waals surface area (Å²) in [5, 5.41) is 7.80. The van der Waals surface area contributed by atoms with E-state index in [-0.39, 0.29) is 11.8 Å². The van der Waals surface area contributed by atoms with Gasteiger partial charge in [-0.2, -0.15) is 5.10 Å². The predicted octanol–water partition coefficient (Wildman–Crippen LogP) is 3.83. The Balaban J connectivity index is 1.36. The Morgan fingerprint density at radius 3 is 2.64 bits per heavy atom. The quantitative estimate of drug-likeness (QED) is 0.829. The second kappa shape index (κ2) is 8.48. The average Bonchev–Trinajstić information content (AvgIpc) is 2.91. The molecule has 0 spiro atoms. The van der Waals surface area contributed by atoms with Crippen molar-refractivity contribution in [1.82, 2.24) is 20.0 Å². The van der Waals surface area contributed by atoms with Gasteiger partial charge in [-0.05, 0) is 42.4 Å². The van der Waals surface area contributed by atoms with Gasteiger partial charge < -0.3 is 5.32 Å². The minimum Gasteiger partial charge on any atom is -0.350 e. The van der Waals surface area contributed by atoms with Crippen LogP contribution in [0.5, 0.6) is 0 Å². The lowest BCUT2D eigenvalue weighted by molar-refractivity contribution is -0.127. The molecule has 4 rings (SSSR count). The molecule has 0 bridgehead atoms. The van der Waals surface area contributed by atoms with E-state index in [1.807, 2.05) is 0 Å². The fourth-order valence-corrected chi connectivity index (χ4v) is 4.07. The molecule has 1 N–H and O–H groups in total. The first kappa shape index (κ1) is 19.2. The molecule has 1 saturated carbocycles. The zero-order valence-electron chi connectivity index (χ0n) is 17.2. The normalized spacial score (nSPS) is 17.8. The lowest BCUT2D eigenvalue weighted by atomic mass is 9.85. The molecule has 5 nitrogen and oxygen atoms in total. The highest BCUT2D eigenvalue weighted by Gasteiger charge is 2.25. The Morgan fingerprint density at radius 1 is 1.18 bits per heavy atom. The van der Waals surface area contributed by atoms with Crippen molar-refractivity contribution in [2.24, 2.45) is 5.92 Å². The van der Waals surface area contributed by atoms with Crippen molar-refractivity contribution in [3.05, 3.63) is 52.8 Å². The van der Waals surface area contributed by atoms with Crippen molar-refractivity contribution >= 4 is 5.91 Å². The molecule has 2 aliphatic rings. The van der Waals surface area contributed by atoms with Crippen LogP contribution in [0.25, 0.3) is 0 Å². The predicted molar refractivity (Wildman–Crippen MR) is 111 cm³/mol. The van der Waals surface area contributed by atoms with Crippen LogP contribution in [0.2, 0.25) is 0 Å². The van der Waals surface area contributed by atoms with Gasteiger partial charge in [-0.25, -0.2) is 0 Å². The lowest BCUT2D eigenvalue weighted by Crippen LogP contribution is -2.34. The number of aromatic nitrogens is 2. The molecular weight excluding hydrogens is 348 g/mol. The van der Waals surface area contributed by atoms with E-state index < -0.39 is 0 Å². The van der Waals surface area contributed by atoms with E-state index in [0.29, 0.717) is 12.5 Å². The molecule has 1 fully saturated rings.